The van der Waals surface area contributed by atoms with Crippen molar-refractivity contribution < 1.29 is 35.0 Å². The Kier molecular flexibility index (Phi) is 16.5. The fourth-order valence-electron chi connectivity index (χ4n) is 10.7. The van der Waals surface area contributed by atoms with Crippen molar-refractivity contribution in [3.8, 4) is 11.5 Å². The lowest BCUT2D eigenvalue weighted by Crippen LogP contribution is -2.49. The van der Waals surface area contributed by atoms with E-state index in [0.717, 1.165) is 98.4 Å². The number of hydrogen-bond donors (Lipinski definition) is 8. The third kappa shape index (κ3) is 11.7. The van der Waals surface area contributed by atoms with E-state index in [4.69, 9.17) is 20.2 Å². The molecule has 2 saturated carbocycles. The van der Waals surface area contributed by atoms with Crippen molar-refractivity contribution in [2.45, 2.75) is 133 Å². The van der Waals surface area contributed by atoms with E-state index in [9.17, 15) is 25.5 Å². The largest absolute Gasteiger partial charge is 0.592 e. The smallest absolute Gasteiger partial charge is 0.189 e. The van der Waals surface area contributed by atoms with Gasteiger partial charge in [0.05, 0.1) is 24.2 Å². The molecule has 2 heterocycles. The number of aryl methyl sites for hydroxylation is 1. The second-order valence-corrected chi connectivity index (χ2v) is 18.6. The molecule has 3 aliphatic carbocycles. The van der Waals surface area contributed by atoms with Gasteiger partial charge in [0.15, 0.2) is 29.4 Å². The Hall–Kier alpha value is -3.81. The number of unbranched alkanes of at least 4 members (excludes halogenated alkanes) is 3. The maximum atomic E-state index is 11.4. The summed E-state index contributed by atoms with van der Waals surface area (Å²) in [5, 5.41) is 60.2. The number of benzene rings is 2. The van der Waals surface area contributed by atoms with E-state index in [1.165, 1.54) is 24.8 Å². The molecule has 0 aromatic heterocycles. The van der Waals surface area contributed by atoms with Gasteiger partial charge in [-0.15, -0.1) is 4.99 Å². The zero-order chi connectivity index (χ0) is 43.6. The van der Waals surface area contributed by atoms with Gasteiger partial charge in [-0.3, -0.25) is 0 Å². The zero-order valence-corrected chi connectivity index (χ0v) is 36.9. The van der Waals surface area contributed by atoms with Crippen LogP contribution in [0.5, 0.6) is 11.5 Å². The zero-order valence-electron chi connectivity index (χ0n) is 36.9. The van der Waals surface area contributed by atoms with E-state index < -0.39 is 18.3 Å². The Bertz CT molecular complexity index is 1880. The molecule has 0 saturated heterocycles. The molecule has 2 aromatic carbocycles. The summed E-state index contributed by atoms with van der Waals surface area (Å²) in [7, 11) is 1.97. The number of nitrogens with one attached hydrogen (secondary N) is 2. The van der Waals surface area contributed by atoms with Crippen LogP contribution in [0.15, 0.2) is 77.0 Å². The molecule has 62 heavy (non-hydrogen) atoms. The van der Waals surface area contributed by atoms with Gasteiger partial charge < -0.3 is 51.4 Å². The van der Waals surface area contributed by atoms with E-state index in [1.807, 2.05) is 56.4 Å². The van der Waals surface area contributed by atoms with Gasteiger partial charge in [0.1, 0.15) is 12.2 Å². The fraction of sp³-hybridized carbons (Fsp3) is 0.588. The Balaban J connectivity index is 0.843. The van der Waals surface area contributed by atoms with Crippen LogP contribution < -0.4 is 21.1 Å². The van der Waals surface area contributed by atoms with Gasteiger partial charge in [0.2, 0.25) is 0 Å². The summed E-state index contributed by atoms with van der Waals surface area (Å²) in [5.74, 6) is 3.55. The first-order valence-electron chi connectivity index (χ1n) is 23.5. The van der Waals surface area contributed by atoms with Crippen molar-refractivity contribution >= 4 is 11.8 Å². The topological polar surface area (TPSA) is 182 Å². The van der Waals surface area contributed by atoms with E-state index in [1.54, 1.807) is 6.07 Å². The highest BCUT2D eigenvalue weighted by atomic mass is 16.5. The van der Waals surface area contributed by atoms with E-state index in [2.05, 4.69) is 28.9 Å². The summed E-state index contributed by atoms with van der Waals surface area (Å²) in [5.41, 5.74) is 11.8. The number of aliphatic hydroxyl groups is 4. The summed E-state index contributed by atoms with van der Waals surface area (Å²) in [6.07, 6.45) is 19.9. The first kappa shape index (κ1) is 46.2. The summed E-state index contributed by atoms with van der Waals surface area (Å²) in [6.45, 7) is 3.02. The molecule has 11 heteroatoms. The average molecular weight is 853 g/mol. The Labute approximate surface area is 369 Å². The highest BCUT2D eigenvalue weighted by Crippen LogP contribution is 2.49. The van der Waals surface area contributed by atoms with E-state index in [-0.39, 0.29) is 49.0 Å². The van der Waals surface area contributed by atoms with Crippen molar-refractivity contribution in [3.05, 3.63) is 101 Å². The second-order valence-electron chi connectivity index (χ2n) is 18.6. The van der Waals surface area contributed by atoms with Crippen molar-refractivity contribution in [1.82, 2.24) is 10.6 Å². The van der Waals surface area contributed by atoms with E-state index >= 15 is 0 Å². The molecule has 2 aliphatic heterocycles. The molecule has 2 fully saturated rings. The van der Waals surface area contributed by atoms with Crippen LogP contribution in [0.4, 0.5) is 0 Å². The standard InChI is InChI=1S/C51H72N4O7/c1-32(57)28-54-45(29-53-2)50-40-14-9-11-34(40)20-22-43-42(50)27-44(55-43)47(59)31-61-49-24-33(17-23-46(49)58)16-21-39-26-37(30-56)48(62-39)15-6-4-3-5-12-38(52)25-36-19-18-35-10-7-8-13-41(35)51(36)60/h7-8,10,13,17-19,23-24,26-27,32,34,36,38,40,45,47-48,50-51,53-54,56-60H,3-6,9,11-12,14-16,20-22,25,28-31,52H2,1-2H3/t32-,34+,36+,38-,40-,45-,47-,48?,50+,51-/m0/s1. The lowest BCUT2D eigenvalue weighted by atomic mass is 9.75. The number of nitrogens with two attached hydrogens (primary N) is 1. The molecule has 7 rings (SSSR count). The molecule has 1 unspecified atom stereocenters. The number of hydrogen-bond acceptors (Lipinski definition) is 11. The quantitative estimate of drug-likeness (QED) is 0.0446. The molecule has 5 aliphatic rings. The molecule has 0 spiro atoms. The average Bonchev–Trinajstić information content (AvgIpc) is 4.00. The molecule has 2 aromatic rings. The Morgan fingerprint density at radius 2 is 1.89 bits per heavy atom. The highest BCUT2D eigenvalue weighted by Gasteiger charge is 2.50. The van der Waals surface area contributed by atoms with Gasteiger partial charge in [0, 0.05) is 50.2 Å². The maximum Gasteiger partial charge on any atom is 0.189 e. The van der Waals surface area contributed by atoms with Crippen LogP contribution in [0.2, 0.25) is 0 Å². The number of aliphatic hydroxyl groups excluding tert-OH is 4. The van der Waals surface area contributed by atoms with Gasteiger partial charge in [0.25, 0.3) is 0 Å². The Morgan fingerprint density at radius 3 is 2.71 bits per heavy atom. The minimum absolute atomic E-state index is 0.0132. The summed E-state index contributed by atoms with van der Waals surface area (Å²) >= 11 is 0. The van der Waals surface area contributed by atoms with Gasteiger partial charge in [-0.25, -0.2) is 0 Å². The van der Waals surface area contributed by atoms with Crippen molar-refractivity contribution in [2.24, 2.45) is 34.4 Å². The van der Waals surface area contributed by atoms with Crippen molar-refractivity contribution in [2.75, 3.05) is 33.4 Å². The molecular formula is C51H72N4O7. The minimum Gasteiger partial charge on any atom is -0.592 e. The normalized spacial score (nSPS) is 26.1. The lowest BCUT2D eigenvalue weighted by molar-refractivity contribution is 0.120. The maximum absolute atomic E-state index is 11.4. The van der Waals surface area contributed by atoms with Crippen LogP contribution in [0, 0.1) is 35.6 Å². The molecular weight excluding hydrogens is 781 g/mol. The monoisotopic (exact) mass is 853 g/mol. The molecule has 0 amide bonds. The molecule has 0 bridgehead atoms. The SMILES string of the molecule is CNC[C@H](NC[C@H](C)O)[C@H]1C2=C[C+]([C@@H](O)COc3cc(CCC4=C[C-](CO)C(CCCCCC[C@H](N)C[C@H]5C=Cc6ccccc6[C@H]5O)O4)ccc3O)N=C2CC[C@H]2CCC[C@@H]21. The number of allylic oxidation sites excluding steroid dienone is 1. The van der Waals surface area contributed by atoms with Crippen LogP contribution >= 0.6 is 0 Å². The molecule has 11 nitrogen and oxygen atoms in total. The molecule has 9 N–H and O–H groups in total. The number of phenols is 1. The van der Waals surface area contributed by atoms with Crippen molar-refractivity contribution in [1.29, 1.82) is 0 Å². The van der Waals surface area contributed by atoms with Crippen LogP contribution in [-0.4, -0.2) is 95.0 Å². The van der Waals surface area contributed by atoms with E-state index in [0.29, 0.717) is 43.0 Å². The van der Waals surface area contributed by atoms with Crippen LogP contribution in [0.1, 0.15) is 113 Å². The summed E-state index contributed by atoms with van der Waals surface area (Å²) in [6, 6.07) is 14.1. The van der Waals surface area contributed by atoms with Gasteiger partial charge >= 0.3 is 0 Å². The number of likely N-dealkylation sites (N-methyl/N-ethyl adjacent to an activating group) is 1. The van der Waals surface area contributed by atoms with Crippen LogP contribution in [0.3, 0.4) is 0 Å². The lowest BCUT2D eigenvalue weighted by Gasteiger charge is -2.32. The van der Waals surface area contributed by atoms with Gasteiger partial charge in [-0.1, -0.05) is 93.2 Å². The number of fused-ring (bicyclic) bond motifs is 3. The molecule has 338 valence electrons. The third-order valence-corrected chi connectivity index (χ3v) is 14.0. The number of nitrogens with zero attached hydrogens (tertiary/aromatic N) is 1. The first-order valence-corrected chi connectivity index (χ1v) is 23.5. The predicted octanol–water partition coefficient (Wildman–Crippen LogP) is 6.65. The number of phenolic OH excluding ortho intramolecular Hbond substituents is 1. The predicted molar refractivity (Wildman–Crippen MR) is 245 cm³/mol. The second kappa shape index (κ2) is 22.2. The highest BCUT2D eigenvalue weighted by molar-refractivity contribution is 6.04. The Morgan fingerprint density at radius 1 is 1.05 bits per heavy atom. The number of aromatic hydroxyl groups is 1. The van der Waals surface area contributed by atoms with Crippen LogP contribution in [0.25, 0.3) is 6.08 Å². The third-order valence-electron chi connectivity index (χ3n) is 14.0. The first-order chi connectivity index (χ1) is 30.1. The van der Waals surface area contributed by atoms with Crippen molar-refractivity contribution in [3.63, 3.8) is 0 Å². The number of rotatable bonds is 23. The summed E-state index contributed by atoms with van der Waals surface area (Å²) in [4.78, 5) is 4.99. The number of aliphatic imine (C=N–C) groups is 1. The number of ether oxygens (including phenoxy) is 2. The fourth-order valence-corrected chi connectivity index (χ4v) is 10.7. The summed E-state index contributed by atoms with van der Waals surface area (Å²) < 4.78 is 12.4. The van der Waals surface area contributed by atoms with Crippen LogP contribution in [-0.2, 0) is 11.2 Å². The van der Waals surface area contributed by atoms with Gasteiger partial charge in [-0.05, 0) is 93.2 Å². The molecule has 10 atom stereocenters. The molecule has 0 radical (unpaired) electrons. The van der Waals surface area contributed by atoms with Gasteiger partial charge in [-0.2, -0.15) is 12.0 Å². The minimum atomic E-state index is -0.963.